The van der Waals surface area contributed by atoms with E-state index in [9.17, 15) is 4.79 Å². The number of hydrogen-bond donors (Lipinski definition) is 1. The van der Waals surface area contributed by atoms with E-state index in [1.54, 1.807) is 0 Å². The lowest BCUT2D eigenvalue weighted by Gasteiger charge is -2.27. The summed E-state index contributed by atoms with van der Waals surface area (Å²) in [7, 11) is 3.39. The Labute approximate surface area is 115 Å². The first-order chi connectivity index (χ1) is 8.96. The van der Waals surface area contributed by atoms with Crippen LogP contribution in [0.15, 0.2) is 12.1 Å². The van der Waals surface area contributed by atoms with Gasteiger partial charge in [-0.05, 0) is 62.9 Å². The molecule has 0 aliphatic heterocycles. The molecule has 0 saturated heterocycles. The van der Waals surface area contributed by atoms with Crippen molar-refractivity contribution in [2.24, 2.45) is 5.41 Å². The van der Waals surface area contributed by atoms with Crippen LogP contribution < -0.4 is 5.32 Å². The van der Waals surface area contributed by atoms with Crippen LogP contribution in [-0.4, -0.2) is 20.1 Å². The van der Waals surface area contributed by atoms with Gasteiger partial charge >= 0.3 is 5.97 Å². The quantitative estimate of drug-likeness (QED) is 0.847. The Bertz CT molecular complexity index is 504. The third-order valence-corrected chi connectivity index (χ3v) is 4.42. The lowest BCUT2D eigenvalue weighted by molar-refractivity contribution is -0.148. The van der Waals surface area contributed by atoms with Crippen molar-refractivity contribution in [3.8, 4) is 0 Å². The summed E-state index contributed by atoms with van der Waals surface area (Å²) in [5, 5.41) is 3.32. The first-order valence-electron chi connectivity index (χ1n) is 6.79. The van der Waals surface area contributed by atoms with Gasteiger partial charge in [0.25, 0.3) is 0 Å². The van der Waals surface area contributed by atoms with Gasteiger partial charge in [0.05, 0.1) is 12.5 Å². The Morgan fingerprint density at radius 2 is 1.79 bits per heavy atom. The molecule has 0 spiro atoms. The number of methoxy groups -OCH3 is 1. The molecule has 1 saturated carbocycles. The first kappa shape index (κ1) is 14.1. The molecule has 0 radical (unpaired) electrons. The van der Waals surface area contributed by atoms with E-state index >= 15 is 0 Å². The summed E-state index contributed by atoms with van der Waals surface area (Å²) < 4.78 is 5.00. The third kappa shape index (κ3) is 2.27. The number of nitrogens with one attached hydrogen (secondary N) is 1. The molecule has 1 atom stereocenters. The van der Waals surface area contributed by atoms with Crippen molar-refractivity contribution in [1.82, 2.24) is 5.32 Å². The molecular weight excluding hydrogens is 238 g/mol. The van der Waals surface area contributed by atoms with E-state index in [1.807, 2.05) is 7.05 Å². The number of aryl methyl sites for hydroxylation is 3. The minimum atomic E-state index is -0.365. The van der Waals surface area contributed by atoms with Gasteiger partial charge in [-0.3, -0.25) is 4.79 Å². The molecule has 1 fully saturated rings. The van der Waals surface area contributed by atoms with Crippen molar-refractivity contribution in [3.05, 3.63) is 34.4 Å². The molecule has 19 heavy (non-hydrogen) atoms. The Balaban J connectivity index is 2.44. The minimum Gasteiger partial charge on any atom is -0.469 e. The lowest BCUT2D eigenvalue weighted by Crippen LogP contribution is -2.34. The van der Waals surface area contributed by atoms with Gasteiger partial charge in [0.1, 0.15) is 0 Å². The van der Waals surface area contributed by atoms with Crippen molar-refractivity contribution < 1.29 is 9.53 Å². The van der Waals surface area contributed by atoms with Gasteiger partial charge in [-0.25, -0.2) is 0 Å². The van der Waals surface area contributed by atoms with E-state index in [0.29, 0.717) is 0 Å². The van der Waals surface area contributed by atoms with Crippen molar-refractivity contribution in [3.63, 3.8) is 0 Å². The summed E-state index contributed by atoms with van der Waals surface area (Å²) in [6.45, 7) is 6.34. The normalized spacial score (nSPS) is 17.9. The topological polar surface area (TPSA) is 38.3 Å². The highest BCUT2D eigenvalue weighted by Crippen LogP contribution is 2.56. The highest BCUT2D eigenvalue weighted by atomic mass is 16.5. The Kier molecular flexibility index (Phi) is 3.68. The summed E-state index contributed by atoms with van der Waals surface area (Å²) in [6, 6.07) is 4.44. The second kappa shape index (κ2) is 4.97. The fourth-order valence-corrected chi connectivity index (χ4v) is 2.97. The van der Waals surface area contributed by atoms with E-state index < -0.39 is 0 Å². The van der Waals surface area contributed by atoms with Gasteiger partial charge in [0.15, 0.2) is 0 Å². The van der Waals surface area contributed by atoms with Crippen LogP contribution >= 0.6 is 0 Å². The van der Waals surface area contributed by atoms with Crippen molar-refractivity contribution in [2.75, 3.05) is 14.2 Å². The van der Waals surface area contributed by atoms with Crippen LogP contribution in [0.1, 0.15) is 41.1 Å². The number of carbonyl (C=O) groups is 1. The lowest BCUT2D eigenvalue weighted by atomic mass is 9.86. The maximum atomic E-state index is 12.1. The second-order valence-corrected chi connectivity index (χ2v) is 5.66. The fourth-order valence-electron chi connectivity index (χ4n) is 2.97. The van der Waals surface area contributed by atoms with Crippen molar-refractivity contribution >= 4 is 5.97 Å². The molecule has 0 heterocycles. The average molecular weight is 261 g/mol. The predicted octanol–water partition coefficient (Wildman–Crippen LogP) is 2.83. The number of hydrogen-bond acceptors (Lipinski definition) is 3. The van der Waals surface area contributed by atoms with Crippen LogP contribution in [0.4, 0.5) is 0 Å². The molecule has 3 heteroatoms. The highest BCUT2D eigenvalue weighted by Gasteiger charge is 2.57. The van der Waals surface area contributed by atoms with E-state index in [1.165, 1.54) is 29.4 Å². The monoisotopic (exact) mass is 261 g/mol. The number of esters is 1. The molecule has 1 N–H and O–H groups in total. The molecule has 1 aromatic rings. The average Bonchev–Trinajstić information content (AvgIpc) is 3.17. The van der Waals surface area contributed by atoms with E-state index in [2.05, 4.69) is 38.2 Å². The van der Waals surface area contributed by atoms with Crippen molar-refractivity contribution in [1.29, 1.82) is 0 Å². The molecule has 3 nitrogen and oxygen atoms in total. The minimum absolute atomic E-state index is 0.0410. The molecule has 1 aliphatic carbocycles. The summed E-state index contributed by atoms with van der Waals surface area (Å²) in [6.07, 6.45) is 1.80. The number of ether oxygens (including phenoxy) is 1. The summed E-state index contributed by atoms with van der Waals surface area (Å²) in [4.78, 5) is 12.1. The molecular formula is C16H23NO2. The van der Waals surface area contributed by atoms with E-state index in [4.69, 9.17) is 4.74 Å². The van der Waals surface area contributed by atoms with Gasteiger partial charge in [-0.1, -0.05) is 12.1 Å². The third-order valence-electron chi connectivity index (χ3n) is 4.42. The van der Waals surface area contributed by atoms with E-state index in [0.717, 1.165) is 12.8 Å². The number of benzene rings is 1. The Morgan fingerprint density at radius 3 is 2.26 bits per heavy atom. The molecule has 0 amide bonds. The van der Waals surface area contributed by atoms with Gasteiger partial charge in [0.2, 0.25) is 0 Å². The number of carbonyl (C=O) groups excluding carboxylic acids is 1. The van der Waals surface area contributed by atoms with Gasteiger partial charge < -0.3 is 10.1 Å². The van der Waals surface area contributed by atoms with Crippen LogP contribution in [0.5, 0.6) is 0 Å². The molecule has 1 unspecified atom stereocenters. The fraction of sp³-hybridized carbons (Fsp3) is 0.562. The first-order valence-corrected chi connectivity index (χ1v) is 6.79. The second-order valence-electron chi connectivity index (χ2n) is 5.66. The summed E-state index contributed by atoms with van der Waals surface area (Å²) >= 11 is 0. The predicted molar refractivity (Wildman–Crippen MR) is 76.1 cm³/mol. The largest absolute Gasteiger partial charge is 0.469 e. The van der Waals surface area contributed by atoms with Crippen LogP contribution in [0, 0.1) is 26.2 Å². The SMILES string of the molecule is CNC(c1cc(C)c(C)cc1C)C1(C(=O)OC)CC1. The summed E-state index contributed by atoms with van der Waals surface area (Å²) in [5.41, 5.74) is 4.64. The molecule has 2 rings (SSSR count). The zero-order valence-corrected chi connectivity index (χ0v) is 12.5. The van der Waals surface area contributed by atoms with Crippen LogP contribution in [0.2, 0.25) is 0 Å². The molecule has 1 aromatic carbocycles. The maximum absolute atomic E-state index is 12.1. The van der Waals surface area contributed by atoms with Crippen LogP contribution in [0.25, 0.3) is 0 Å². The van der Waals surface area contributed by atoms with E-state index in [-0.39, 0.29) is 17.4 Å². The van der Waals surface area contributed by atoms with Gasteiger partial charge in [0, 0.05) is 6.04 Å². The van der Waals surface area contributed by atoms with Crippen LogP contribution in [-0.2, 0) is 9.53 Å². The zero-order valence-electron chi connectivity index (χ0n) is 12.5. The highest BCUT2D eigenvalue weighted by molar-refractivity contribution is 5.81. The van der Waals surface area contributed by atoms with Crippen molar-refractivity contribution in [2.45, 2.75) is 39.7 Å². The Morgan fingerprint density at radius 1 is 1.21 bits per heavy atom. The standard InChI is InChI=1S/C16H23NO2/c1-10-8-12(3)13(9-11(10)2)14(17-4)16(6-7-16)15(18)19-5/h8-9,14,17H,6-7H2,1-5H3. The summed E-state index contributed by atoms with van der Waals surface area (Å²) in [5.74, 6) is -0.0931. The number of rotatable bonds is 4. The molecule has 0 bridgehead atoms. The van der Waals surface area contributed by atoms with Gasteiger partial charge in [-0.2, -0.15) is 0 Å². The molecule has 0 aromatic heterocycles. The molecule has 1 aliphatic rings. The Hall–Kier alpha value is -1.35. The van der Waals surface area contributed by atoms with Crippen LogP contribution in [0.3, 0.4) is 0 Å². The maximum Gasteiger partial charge on any atom is 0.313 e. The van der Waals surface area contributed by atoms with Gasteiger partial charge in [-0.15, -0.1) is 0 Å². The smallest absolute Gasteiger partial charge is 0.313 e. The zero-order chi connectivity index (χ0) is 14.2. The molecule has 104 valence electrons.